The number of benzene rings is 3. The molecule has 3 aromatic carbocycles. The normalized spacial score (nSPS) is 10.8. The summed E-state index contributed by atoms with van der Waals surface area (Å²) in [5.41, 5.74) is 1.84. The minimum atomic E-state index is -1.05. The molecular formula is C22H16F2O2. The Balaban J connectivity index is 1.73. The molecule has 26 heavy (non-hydrogen) atoms. The van der Waals surface area contributed by atoms with Crippen LogP contribution in [0.15, 0.2) is 78.9 Å². The highest BCUT2D eigenvalue weighted by Crippen LogP contribution is 2.21. The number of allylic oxidation sites excluding steroid dienone is 1. The quantitative estimate of drug-likeness (QED) is 0.437. The Morgan fingerprint density at radius 2 is 1.62 bits per heavy atom. The molecule has 0 aliphatic rings. The van der Waals surface area contributed by atoms with Gasteiger partial charge in [-0.2, -0.15) is 0 Å². The van der Waals surface area contributed by atoms with Gasteiger partial charge in [0.25, 0.3) is 0 Å². The molecule has 0 heterocycles. The van der Waals surface area contributed by atoms with Crippen molar-refractivity contribution in [2.75, 3.05) is 0 Å². The molecule has 3 aromatic rings. The largest absolute Gasteiger partial charge is 0.488 e. The number of carbonyl (C=O) groups is 1. The fraction of sp³-hybridized carbons (Fsp3) is 0.0455. The second kappa shape index (κ2) is 8.21. The lowest BCUT2D eigenvalue weighted by Gasteiger charge is -2.09. The first-order valence-corrected chi connectivity index (χ1v) is 8.07. The molecule has 2 nitrogen and oxygen atoms in total. The summed E-state index contributed by atoms with van der Waals surface area (Å²) in [6.45, 7) is 0.406. The summed E-state index contributed by atoms with van der Waals surface area (Å²) >= 11 is 0. The van der Waals surface area contributed by atoms with E-state index in [9.17, 15) is 13.6 Å². The van der Waals surface area contributed by atoms with Crippen LogP contribution in [-0.2, 0) is 6.61 Å². The number of rotatable bonds is 6. The van der Waals surface area contributed by atoms with Crippen molar-refractivity contribution in [2.45, 2.75) is 6.61 Å². The van der Waals surface area contributed by atoms with Crippen LogP contribution in [-0.4, -0.2) is 5.78 Å². The Kier molecular flexibility index (Phi) is 5.54. The van der Waals surface area contributed by atoms with Crippen LogP contribution in [0.4, 0.5) is 8.78 Å². The fourth-order valence-electron chi connectivity index (χ4n) is 2.40. The van der Waals surface area contributed by atoms with Crippen molar-refractivity contribution in [1.82, 2.24) is 0 Å². The molecule has 0 radical (unpaired) electrons. The number of ether oxygens (including phenoxy) is 1. The molecule has 0 atom stereocenters. The molecule has 130 valence electrons. The van der Waals surface area contributed by atoms with Crippen molar-refractivity contribution in [3.63, 3.8) is 0 Å². The second-order valence-corrected chi connectivity index (χ2v) is 5.64. The van der Waals surface area contributed by atoms with Gasteiger partial charge in [0.05, 0.1) is 0 Å². The average Bonchev–Trinajstić information content (AvgIpc) is 2.68. The smallest absolute Gasteiger partial charge is 0.185 e. The summed E-state index contributed by atoms with van der Waals surface area (Å²) in [6, 6.07) is 20.1. The Morgan fingerprint density at radius 3 is 2.38 bits per heavy atom. The molecule has 3 rings (SSSR count). The summed E-state index contributed by atoms with van der Waals surface area (Å²) in [4.78, 5) is 12.2. The predicted molar refractivity (Wildman–Crippen MR) is 96.9 cm³/mol. The summed E-state index contributed by atoms with van der Waals surface area (Å²) in [5.74, 6) is -1.81. The van der Waals surface area contributed by atoms with Crippen molar-refractivity contribution in [3.8, 4) is 5.75 Å². The summed E-state index contributed by atoms with van der Waals surface area (Å²) < 4.78 is 32.1. The lowest BCUT2D eigenvalue weighted by atomic mass is 10.1. The van der Waals surface area contributed by atoms with E-state index in [0.717, 1.165) is 23.3 Å². The van der Waals surface area contributed by atoms with Crippen LogP contribution in [0.25, 0.3) is 6.08 Å². The molecule has 0 saturated heterocycles. The van der Waals surface area contributed by atoms with Gasteiger partial charge in [-0.25, -0.2) is 8.78 Å². The topological polar surface area (TPSA) is 26.3 Å². The van der Waals surface area contributed by atoms with Crippen molar-refractivity contribution in [3.05, 3.63) is 107 Å². The average molecular weight is 350 g/mol. The Morgan fingerprint density at radius 1 is 0.885 bits per heavy atom. The van der Waals surface area contributed by atoms with Crippen molar-refractivity contribution < 1.29 is 18.3 Å². The third-order valence-electron chi connectivity index (χ3n) is 3.77. The molecule has 0 aliphatic carbocycles. The van der Waals surface area contributed by atoms with Crippen LogP contribution in [0.3, 0.4) is 0 Å². The van der Waals surface area contributed by atoms with Crippen LogP contribution in [0.5, 0.6) is 5.75 Å². The minimum absolute atomic E-state index is 0.0860. The molecule has 0 bridgehead atoms. The van der Waals surface area contributed by atoms with Gasteiger partial charge in [-0.3, -0.25) is 4.79 Å². The van der Waals surface area contributed by atoms with E-state index < -0.39 is 17.4 Å². The van der Waals surface area contributed by atoms with Gasteiger partial charge in [0.2, 0.25) is 0 Å². The van der Waals surface area contributed by atoms with Gasteiger partial charge in [0, 0.05) is 11.1 Å². The number of carbonyl (C=O) groups excluding carboxylic acids is 1. The van der Waals surface area contributed by atoms with Gasteiger partial charge < -0.3 is 4.74 Å². The van der Waals surface area contributed by atoms with E-state index in [0.29, 0.717) is 12.4 Å². The molecule has 0 amide bonds. The van der Waals surface area contributed by atoms with E-state index in [2.05, 4.69) is 0 Å². The molecule has 0 aliphatic heterocycles. The first kappa shape index (κ1) is 17.5. The maximum atomic E-state index is 13.3. The summed E-state index contributed by atoms with van der Waals surface area (Å²) in [6.07, 6.45) is 2.92. The SMILES string of the molecule is O=C(/C=C/c1ccccc1OCc1ccccc1)c1ccc(F)c(F)c1. The number of halogens is 2. The predicted octanol–water partition coefficient (Wildman–Crippen LogP) is 5.44. The fourth-order valence-corrected chi connectivity index (χ4v) is 2.40. The third-order valence-corrected chi connectivity index (χ3v) is 3.77. The standard InChI is InChI=1S/C22H16F2O2/c23-19-12-10-18(14-20(19)24)21(25)13-11-17-8-4-5-9-22(17)26-15-16-6-2-1-3-7-16/h1-14H,15H2/b13-11+. The molecule has 0 fully saturated rings. The van der Waals surface area contributed by atoms with E-state index in [1.165, 1.54) is 12.1 Å². The monoisotopic (exact) mass is 350 g/mol. The van der Waals surface area contributed by atoms with Gasteiger partial charge in [-0.1, -0.05) is 48.5 Å². The van der Waals surface area contributed by atoms with Gasteiger partial charge in [-0.05, 0) is 42.0 Å². The molecule has 4 heteroatoms. The number of hydrogen-bond donors (Lipinski definition) is 0. The molecule has 0 aromatic heterocycles. The lowest BCUT2D eigenvalue weighted by molar-refractivity contribution is 0.104. The zero-order valence-corrected chi connectivity index (χ0v) is 13.9. The highest BCUT2D eigenvalue weighted by molar-refractivity contribution is 6.06. The van der Waals surface area contributed by atoms with E-state index in [-0.39, 0.29) is 5.56 Å². The molecule has 0 unspecified atom stereocenters. The van der Waals surface area contributed by atoms with Crippen LogP contribution in [0.2, 0.25) is 0 Å². The zero-order valence-electron chi connectivity index (χ0n) is 13.9. The Bertz CT molecular complexity index is 934. The first-order chi connectivity index (χ1) is 12.6. The first-order valence-electron chi connectivity index (χ1n) is 8.07. The highest BCUT2D eigenvalue weighted by Gasteiger charge is 2.08. The van der Waals surface area contributed by atoms with Crippen LogP contribution in [0.1, 0.15) is 21.5 Å². The van der Waals surface area contributed by atoms with Crippen LogP contribution in [0, 0.1) is 11.6 Å². The Hall–Kier alpha value is -3.27. The Labute approximate surface area is 150 Å². The van der Waals surface area contributed by atoms with Crippen LogP contribution < -0.4 is 4.74 Å². The summed E-state index contributed by atoms with van der Waals surface area (Å²) in [5, 5.41) is 0. The van der Waals surface area contributed by atoms with E-state index in [4.69, 9.17) is 4.74 Å². The molecule has 0 N–H and O–H groups in total. The zero-order chi connectivity index (χ0) is 18.4. The molecule has 0 saturated carbocycles. The maximum absolute atomic E-state index is 13.3. The van der Waals surface area contributed by atoms with Crippen molar-refractivity contribution in [2.24, 2.45) is 0 Å². The van der Waals surface area contributed by atoms with Crippen LogP contribution >= 0.6 is 0 Å². The van der Waals surface area contributed by atoms with E-state index in [1.807, 2.05) is 54.6 Å². The van der Waals surface area contributed by atoms with Crippen molar-refractivity contribution >= 4 is 11.9 Å². The van der Waals surface area contributed by atoms with E-state index >= 15 is 0 Å². The number of hydrogen-bond acceptors (Lipinski definition) is 2. The van der Waals surface area contributed by atoms with Crippen molar-refractivity contribution in [1.29, 1.82) is 0 Å². The number of ketones is 1. The molecule has 0 spiro atoms. The van der Waals surface area contributed by atoms with Gasteiger partial charge >= 0.3 is 0 Å². The summed E-state index contributed by atoms with van der Waals surface area (Å²) in [7, 11) is 0. The number of para-hydroxylation sites is 1. The second-order valence-electron chi connectivity index (χ2n) is 5.64. The van der Waals surface area contributed by atoms with E-state index in [1.54, 1.807) is 6.08 Å². The molecular weight excluding hydrogens is 334 g/mol. The minimum Gasteiger partial charge on any atom is -0.488 e. The van der Waals surface area contributed by atoms with Gasteiger partial charge in [-0.15, -0.1) is 0 Å². The van der Waals surface area contributed by atoms with Gasteiger partial charge in [0.1, 0.15) is 12.4 Å². The lowest BCUT2D eigenvalue weighted by Crippen LogP contribution is -1.98. The maximum Gasteiger partial charge on any atom is 0.185 e. The third kappa shape index (κ3) is 4.42. The highest BCUT2D eigenvalue weighted by atomic mass is 19.2. The van der Waals surface area contributed by atoms with Gasteiger partial charge in [0.15, 0.2) is 17.4 Å².